The van der Waals surface area contributed by atoms with Gasteiger partial charge in [0.25, 0.3) is 0 Å². The van der Waals surface area contributed by atoms with Crippen LogP contribution < -0.4 is 0 Å². The number of carbonyl (C=O) groups excluding carboxylic acids is 1. The molecule has 0 aliphatic carbocycles. The second-order valence-corrected chi connectivity index (χ2v) is 2.57. The molecule has 0 fully saturated rings. The van der Waals surface area contributed by atoms with Crippen molar-refractivity contribution in [3.05, 3.63) is 5.73 Å². The van der Waals surface area contributed by atoms with Gasteiger partial charge in [0, 0.05) is 0 Å². The van der Waals surface area contributed by atoms with Crippen LogP contribution in [-0.4, -0.2) is 61.8 Å². The Kier molecular flexibility index (Phi) is 7.49. The number of hydrogen-bond acceptors (Lipinski definition) is 6. The second-order valence-electron chi connectivity index (χ2n) is 2.57. The zero-order valence-corrected chi connectivity index (χ0v) is 8.11. The van der Waals surface area contributed by atoms with E-state index in [9.17, 15) is 9.59 Å². The van der Waals surface area contributed by atoms with Gasteiger partial charge in [-0.2, -0.15) is 0 Å². The van der Waals surface area contributed by atoms with Crippen molar-refractivity contribution in [2.24, 2.45) is 0 Å². The number of aliphatic carboxylic acids is 1. The zero-order valence-electron chi connectivity index (χ0n) is 7.16. The van der Waals surface area contributed by atoms with Crippen LogP contribution in [0.25, 0.3) is 5.73 Å². The maximum absolute atomic E-state index is 10.2. The Morgan fingerprint density at radius 1 is 0.933 bits per heavy atom. The van der Waals surface area contributed by atoms with E-state index in [4.69, 9.17) is 31.3 Å². The van der Waals surface area contributed by atoms with Crippen LogP contribution in [0.3, 0.4) is 0 Å². The van der Waals surface area contributed by atoms with Crippen molar-refractivity contribution in [1.82, 2.24) is 0 Å². The Labute approximate surface area is 94.8 Å². The third-order valence-corrected chi connectivity index (χ3v) is 1.52. The van der Waals surface area contributed by atoms with E-state index in [0.717, 1.165) is 0 Å². The van der Waals surface area contributed by atoms with Gasteiger partial charge in [0.1, 0.15) is 18.3 Å². The molecule has 0 heterocycles. The molecule has 0 saturated carbocycles. The van der Waals surface area contributed by atoms with Gasteiger partial charge >= 0.3 is 23.0 Å². The number of nitrogens with one attached hydrogen (secondary N) is 1. The summed E-state index contributed by atoms with van der Waals surface area (Å²) in [7, 11) is 0. The van der Waals surface area contributed by atoms with Crippen molar-refractivity contribution in [2.75, 3.05) is 0 Å². The monoisotopic (exact) mass is 271 g/mol. The first kappa shape index (κ1) is 16.7. The second kappa shape index (κ2) is 6.72. The maximum Gasteiger partial charge on any atom is 1.00 e. The fourth-order valence-electron chi connectivity index (χ4n) is 0.675. The van der Waals surface area contributed by atoms with Crippen molar-refractivity contribution >= 4 is 11.9 Å². The molecule has 0 spiro atoms. The Balaban J connectivity index is 0. The summed E-state index contributed by atoms with van der Waals surface area (Å²) in [6.45, 7) is 0. The Bertz CT molecular complexity index is 212. The third kappa shape index (κ3) is 4.56. The van der Waals surface area contributed by atoms with Crippen LogP contribution in [-0.2, 0) is 26.7 Å². The molecule has 0 rings (SSSR count). The van der Waals surface area contributed by atoms with E-state index in [-0.39, 0.29) is 17.1 Å². The summed E-state index contributed by atoms with van der Waals surface area (Å²) in [5.74, 6) is -3.41. The zero-order chi connectivity index (χ0) is 11.5. The van der Waals surface area contributed by atoms with E-state index in [1.165, 1.54) is 0 Å². The number of carboxylic acid groups (broad SMARTS) is 1. The average Bonchev–Trinajstić information content (AvgIpc) is 2.12. The number of carbonyl (C=O) groups is 2. The molecule has 0 aromatic heterocycles. The quantitative estimate of drug-likeness (QED) is 0.335. The fourth-order valence-corrected chi connectivity index (χ4v) is 0.675. The molecular formula is C6H10CuNO7. The summed E-state index contributed by atoms with van der Waals surface area (Å²) in [5.41, 5.74) is 6.37. The number of rotatable bonds is 5. The molecule has 9 heteroatoms. The average molecular weight is 272 g/mol. The molecule has 0 aliphatic heterocycles. The first-order valence-corrected chi connectivity index (χ1v) is 3.49. The molecule has 6 N–H and O–H groups in total. The molecular weight excluding hydrogens is 262 g/mol. The molecule has 15 heavy (non-hydrogen) atoms. The fraction of sp³-hybridized carbons (Fsp3) is 0.667. The van der Waals surface area contributed by atoms with E-state index >= 15 is 0 Å². The number of aliphatic hydroxyl groups is 4. The molecule has 92 valence electrons. The molecule has 4 atom stereocenters. The molecule has 8 nitrogen and oxygen atoms in total. The van der Waals surface area contributed by atoms with Gasteiger partial charge in [-0.3, -0.25) is 0 Å². The summed E-state index contributed by atoms with van der Waals surface area (Å²) in [5, 5.41) is 43.4. The standard InChI is InChI=1S/C6H11NO7.Cu/c7-5(12)3(10)1(8)2(9)4(11)6(13)14;/h1-4,8-11H,(H3,7,12,13,14);/q;+1/p-1/t1-,2-,3+,4-;/m1./s1. The summed E-state index contributed by atoms with van der Waals surface area (Å²) in [4.78, 5) is 20.3. The van der Waals surface area contributed by atoms with Crippen molar-refractivity contribution in [2.45, 2.75) is 24.4 Å². The number of hydrogen-bond donors (Lipinski definition) is 5. The van der Waals surface area contributed by atoms with Gasteiger partial charge in [-0.05, 0) is 0 Å². The normalized spacial score (nSPS) is 18.1. The minimum atomic E-state index is -2.33. The van der Waals surface area contributed by atoms with Gasteiger partial charge in [-0.15, -0.1) is 0 Å². The van der Waals surface area contributed by atoms with Crippen molar-refractivity contribution in [3.63, 3.8) is 0 Å². The Morgan fingerprint density at radius 3 is 1.53 bits per heavy atom. The Hall–Kier alpha value is -0.701. The largest absolute Gasteiger partial charge is 1.00 e. The molecule has 1 amide bonds. The van der Waals surface area contributed by atoms with Gasteiger partial charge in [-0.25, -0.2) is 4.79 Å². The van der Waals surface area contributed by atoms with Crippen LogP contribution in [0.5, 0.6) is 0 Å². The van der Waals surface area contributed by atoms with Crippen molar-refractivity contribution in [1.29, 1.82) is 0 Å². The van der Waals surface area contributed by atoms with Gasteiger partial charge in [0.15, 0.2) is 6.10 Å². The van der Waals surface area contributed by atoms with Crippen LogP contribution in [0.2, 0.25) is 0 Å². The summed E-state index contributed by atoms with van der Waals surface area (Å²) in [6, 6.07) is 0. The molecule has 0 aliphatic rings. The third-order valence-electron chi connectivity index (χ3n) is 1.52. The van der Waals surface area contributed by atoms with E-state index in [2.05, 4.69) is 0 Å². The van der Waals surface area contributed by atoms with Gasteiger partial charge < -0.3 is 36.1 Å². The van der Waals surface area contributed by atoms with Crippen molar-refractivity contribution in [3.8, 4) is 0 Å². The van der Waals surface area contributed by atoms with Crippen molar-refractivity contribution < 1.29 is 52.2 Å². The van der Waals surface area contributed by atoms with E-state index < -0.39 is 36.3 Å². The molecule has 0 bridgehead atoms. The smallest absolute Gasteiger partial charge is 0.665 e. The molecule has 0 aromatic carbocycles. The Morgan fingerprint density at radius 2 is 1.27 bits per heavy atom. The molecule has 0 saturated heterocycles. The van der Waals surface area contributed by atoms with E-state index in [1.807, 2.05) is 0 Å². The first-order valence-electron chi connectivity index (χ1n) is 3.49. The predicted octanol–water partition coefficient (Wildman–Crippen LogP) is -2.91. The van der Waals surface area contributed by atoms with Crippen LogP contribution in [0.1, 0.15) is 0 Å². The van der Waals surface area contributed by atoms with Gasteiger partial charge in [0.2, 0.25) is 0 Å². The summed E-state index contributed by atoms with van der Waals surface area (Å²) >= 11 is 0. The van der Waals surface area contributed by atoms with Crippen LogP contribution in [0.4, 0.5) is 0 Å². The number of aliphatic hydroxyl groups excluding tert-OH is 4. The number of amides is 1. The van der Waals surface area contributed by atoms with Crippen LogP contribution in [0, 0.1) is 0 Å². The summed E-state index contributed by atoms with van der Waals surface area (Å²) in [6.07, 6.45) is -9.04. The van der Waals surface area contributed by atoms with E-state index in [1.54, 1.807) is 0 Å². The number of carboxylic acids is 1. The van der Waals surface area contributed by atoms with E-state index in [0.29, 0.717) is 0 Å². The minimum Gasteiger partial charge on any atom is -0.665 e. The molecule has 0 unspecified atom stereocenters. The summed E-state index contributed by atoms with van der Waals surface area (Å²) < 4.78 is 0. The topological polar surface area (TPSA) is 159 Å². The minimum absolute atomic E-state index is 0. The van der Waals surface area contributed by atoms with Crippen LogP contribution in [0.15, 0.2) is 0 Å². The van der Waals surface area contributed by atoms with Gasteiger partial charge in [0.05, 0.1) is 5.91 Å². The van der Waals surface area contributed by atoms with Gasteiger partial charge in [-0.1, -0.05) is 0 Å². The first-order chi connectivity index (χ1) is 6.29. The molecule has 0 radical (unpaired) electrons. The SMILES string of the molecule is [Cu+].[NH-]C(=O)[C@@H](O)[C@H](O)[C@@H](O)[C@@H](O)C(=O)O. The molecule has 0 aromatic rings. The van der Waals surface area contributed by atoms with Crippen LogP contribution >= 0.6 is 0 Å². The maximum atomic E-state index is 10.2. The predicted molar refractivity (Wildman–Crippen MR) is 41.0 cm³/mol.